The molecule has 0 saturated carbocycles. The molecule has 1 fully saturated rings. The fourth-order valence-electron chi connectivity index (χ4n) is 1.89. The molecule has 1 saturated heterocycles. The standard InChI is InChI=1S/C11H14N2O3/c14-11(15)13-7-1-2-9(13)8-16-10-3-5-12-6-4-10/h3-6,9H,1-2,7-8H2,(H,14,15)/t9-/m0/s1. The molecule has 2 rings (SSSR count). The van der Waals surface area contributed by atoms with E-state index in [4.69, 9.17) is 9.84 Å². The van der Waals surface area contributed by atoms with Crippen molar-refractivity contribution >= 4 is 6.09 Å². The van der Waals surface area contributed by atoms with Crippen molar-refractivity contribution in [1.82, 2.24) is 9.88 Å². The summed E-state index contributed by atoms with van der Waals surface area (Å²) in [5, 5.41) is 8.94. The van der Waals surface area contributed by atoms with E-state index in [1.54, 1.807) is 24.5 Å². The smallest absolute Gasteiger partial charge is 0.407 e. The first-order valence-electron chi connectivity index (χ1n) is 5.30. The van der Waals surface area contributed by atoms with E-state index in [-0.39, 0.29) is 6.04 Å². The van der Waals surface area contributed by atoms with Crippen molar-refractivity contribution in [2.45, 2.75) is 18.9 Å². The Morgan fingerprint density at radius 2 is 2.31 bits per heavy atom. The highest BCUT2D eigenvalue weighted by molar-refractivity contribution is 5.65. The molecule has 5 nitrogen and oxygen atoms in total. The maximum atomic E-state index is 10.9. The molecule has 1 aromatic rings. The van der Waals surface area contributed by atoms with Crippen LogP contribution in [0.4, 0.5) is 4.79 Å². The van der Waals surface area contributed by atoms with Gasteiger partial charge >= 0.3 is 6.09 Å². The van der Waals surface area contributed by atoms with Gasteiger partial charge in [-0.3, -0.25) is 4.98 Å². The maximum Gasteiger partial charge on any atom is 0.407 e. The van der Waals surface area contributed by atoms with Gasteiger partial charge in [0.2, 0.25) is 0 Å². The van der Waals surface area contributed by atoms with Crippen molar-refractivity contribution in [3.63, 3.8) is 0 Å². The van der Waals surface area contributed by atoms with Crippen molar-refractivity contribution in [1.29, 1.82) is 0 Å². The van der Waals surface area contributed by atoms with Gasteiger partial charge in [0.15, 0.2) is 0 Å². The van der Waals surface area contributed by atoms with E-state index in [0.29, 0.717) is 13.2 Å². The molecule has 0 radical (unpaired) electrons. The van der Waals surface area contributed by atoms with Crippen LogP contribution in [0.3, 0.4) is 0 Å². The van der Waals surface area contributed by atoms with Crippen LogP contribution in [0, 0.1) is 0 Å². The van der Waals surface area contributed by atoms with Gasteiger partial charge in [0, 0.05) is 18.9 Å². The Balaban J connectivity index is 1.88. The zero-order valence-electron chi connectivity index (χ0n) is 8.87. The second kappa shape index (κ2) is 4.83. The third-order valence-electron chi connectivity index (χ3n) is 2.71. The zero-order valence-corrected chi connectivity index (χ0v) is 8.87. The van der Waals surface area contributed by atoms with Crippen LogP contribution < -0.4 is 4.74 Å². The Labute approximate surface area is 93.7 Å². The van der Waals surface area contributed by atoms with Crippen molar-refractivity contribution < 1.29 is 14.6 Å². The highest BCUT2D eigenvalue weighted by atomic mass is 16.5. The van der Waals surface area contributed by atoms with Crippen LogP contribution in [0.25, 0.3) is 0 Å². The Bertz CT molecular complexity index is 356. The minimum atomic E-state index is -0.860. The summed E-state index contributed by atoms with van der Waals surface area (Å²) < 4.78 is 5.53. The van der Waals surface area contributed by atoms with Crippen LogP contribution in [-0.2, 0) is 0 Å². The fraction of sp³-hybridized carbons (Fsp3) is 0.455. The molecule has 2 heterocycles. The summed E-state index contributed by atoms with van der Waals surface area (Å²) in [4.78, 5) is 16.2. The molecular weight excluding hydrogens is 208 g/mol. The molecule has 0 spiro atoms. The number of likely N-dealkylation sites (tertiary alicyclic amines) is 1. The van der Waals surface area contributed by atoms with Crippen molar-refractivity contribution in [2.24, 2.45) is 0 Å². The van der Waals surface area contributed by atoms with E-state index in [0.717, 1.165) is 18.6 Å². The van der Waals surface area contributed by atoms with Gasteiger partial charge in [-0.1, -0.05) is 0 Å². The first kappa shape index (κ1) is 10.7. The molecule has 1 amide bonds. The lowest BCUT2D eigenvalue weighted by Crippen LogP contribution is -2.37. The number of hydrogen-bond acceptors (Lipinski definition) is 3. The molecule has 1 aromatic heterocycles. The van der Waals surface area contributed by atoms with Gasteiger partial charge in [-0.05, 0) is 25.0 Å². The minimum absolute atomic E-state index is 0.0225. The van der Waals surface area contributed by atoms with Gasteiger partial charge in [-0.2, -0.15) is 0 Å². The third-order valence-corrected chi connectivity index (χ3v) is 2.71. The van der Waals surface area contributed by atoms with E-state index in [2.05, 4.69) is 4.98 Å². The highest BCUT2D eigenvalue weighted by Crippen LogP contribution is 2.18. The van der Waals surface area contributed by atoms with Crippen molar-refractivity contribution in [2.75, 3.05) is 13.2 Å². The Morgan fingerprint density at radius 3 is 3.00 bits per heavy atom. The zero-order chi connectivity index (χ0) is 11.4. The summed E-state index contributed by atoms with van der Waals surface area (Å²) in [6.45, 7) is 1.02. The fourth-order valence-corrected chi connectivity index (χ4v) is 1.89. The number of aromatic nitrogens is 1. The SMILES string of the molecule is O=C(O)N1CCC[C@H]1COc1ccncc1. The Kier molecular flexibility index (Phi) is 3.24. The molecular formula is C11H14N2O3. The normalized spacial score (nSPS) is 19.8. The second-order valence-corrected chi connectivity index (χ2v) is 3.77. The molecule has 5 heteroatoms. The monoisotopic (exact) mass is 222 g/mol. The number of carbonyl (C=O) groups is 1. The van der Waals surface area contributed by atoms with E-state index < -0.39 is 6.09 Å². The topological polar surface area (TPSA) is 62.7 Å². The summed E-state index contributed by atoms with van der Waals surface area (Å²) in [5.74, 6) is 0.729. The van der Waals surface area contributed by atoms with E-state index in [9.17, 15) is 4.79 Å². The quantitative estimate of drug-likeness (QED) is 0.843. The summed E-state index contributed by atoms with van der Waals surface area (Å²) in [5.41, 5.74) is 0. The molecule has 1 atom stereocenters. The number of hydrogen-bond donors (Lipinski definition) is 1. The van der Waals surface area contributed by atoms with Crippen LogP contribution in [-0.4, -0.2) is 40.3 Å². The molecule has 0 aromatic carbocycles. The maximum absolute atomic E-state index is 10.9. The van der Waals surface area contributed by atoms with Crippen LogP contribution in [0.2, 0.25) is 0 Å². The van der Waals surface area contributed by atoms with Gasteiger partial charge in [-0.25, -0.2) is 4.79 Å². The molecule has 86 valence electrons. The highest BCUT2D eigenvalue weighted by Gasteiger charge is 2.28. The van der Waals surface area contributed by atoms with E-state index in [1.165, 1.54) is 4.90 Å². The lowest BCUT2D eigenvalue weighted by Gasteiger charge is -2.21. The average molecular weight is 222 g/mol. The molecule has 1 aliphatic heterocycles. The number of ether oxygens (including phenoxy) is 1. The molecule has 0 aliphatic carbocycles. The minimum Gasteiger partial charge on any atom is -0.491 e. The van der Waals surface area contributed by atoms with Gasteiger partial charge in [0.25, 0.3) is 0 Å². The predicted molar refractivity (Wildman–Crippen MR) is 57.5 cm³/mol. The second-order valence-electron chi connectivity index (χ2n) is 3.77. The van der Waals surface area contributed by atoms with Gasteiger partial charge in [0.1, 0.15) is 12.4 Å². The van der Waals surface area contributed by atoms with Gasteiger partial charge < -0.3 is 14.7 Å². The first-order chi connectivity index (χ1) is 7.77. The van der Waals surface area contributed by atoms with Crippen LogP contribution in [0.5, 0.6) is 5.75 Å². The Morgan fingerprint density at radius 1 is 1.56 bits per heavy atom. The summed E-state index contributed by atoms with van der Waals surface area (Å²) in [6.07, 6.45) is 4.23. The number of rotatable bonds is 3. The van der Waals surface area contributed by atoms with Crippen molar-refractivity contribution in [3.8, 4) is 5.75 Å². The summed E-state index contributed by atoms with van der Waals surface area (Å²) in [7, 11) is 0. The Hall–Kier alpha value is -1.78. The molecule has 0 unspecified atom stereocenters. The van der Waals surface area contributed by atoms with Crippen LogP contribution in [0.15, 0.2) is 24.5 Å². The predicted octanol–water partition coefficient (Wildman–Crippen LogP) is 1.60. The lowest BCUT2D eigenvalue weighted by molar-refractivity contribution is 0.123. The molecule has 0 bridgehead atoms. The van der Waals surface area contributed by atoms with Gasteiger partial charge in [-0.15, -0.1) is 0 Å². The van der Waals surface area contributed by atoms with E-state index >= 15 is 0 Å². The summed E-state index contributed by atoms with van der Waals surface area (Å²) in [6, 6.07) is 3.51. The summed E-state index contributed by atoms with van der Waals surface area (Å²) >= 11 is 0. The van der Waals surface area contributed by atoms with Crippen LogP contribution >= 0.6 is 0 Å². The van der Waals surface area contributed by atoms with Gasteiger partial charge in [0.05, 0.1) is 6.04 Å². The molecule has 16 heavy (non-hydrogen) atoms. The molecule has 1 N–H and O–H groups in total. The number of pyridine rings is 1. The number of carboxylic acid groups (broad SMARTS) is 1. The van der Waals surface area contributed by atoms with Crippen molar-refractivity contribution in [3.05, 3.63) is 24.5 Å². The first-order valence-corrected chi connectivity index (χ1v) is 5.30. The molecule has 1 aliphatic rings. The third kappa shape index (κ3) is 2.42. The number of amides is 1. The number of nitrogens with zero attached hydrogens (tertiary/aromatic N) is 2. The lowest BCUT2D eigenvalue weighted by atomic mass is 10.2. The largest absolute Gasteiger partial charge is 0.491 e. The average Bonchev–Trinajstić information content (AvgIpc) is 2.76. The van der Waals surface area contributed by atoms with E-state index in [1.807, 2.05) is 0 Å². The van der Waals surface area contributed by atoms with Crippen LogP contribution in [0.1, 0.15) is 12.8 Å².